The van der Waals surface area contributed by atoms with Crippen molar-refractivity contribution >= 4 is 18.1 Å². The van der Waals surface area contributed by atoms with Crippen molar-refractivity contribution in [3.05, 3.63) is 47.3 Å². The number of aromatic nitrogens is 2. The van der Waals surface area contributed by atoms with Gasteiger partial charge in [-0.3, -0.25) is 0 Å². The zero-order valence-electron chi connectivity index (χ0n) is 10.4. The second kappa shape index (κ2) is 5.31. The summed E-state index contributed by atoms with van der Waals surface area (Å²) >= 11 is 0. The first-order chi connectivity index (χ1) is 8.69. The summed E-state index contributed by atoms with van der Waals surface area (Å²) in [6.07, 6.45) is 5.67. The summed E-state index contributed by atoms with van der Waals surface area (Å²) < 4.78 is 5.17. The molecule has 0 aliphatic heterocycles. The van der Waals surface area contributed by atoms with Crippen molar-refractivity contribution < 1.29 is 4.74 Å². The maximum atomic E-state index is 5.51. The van der Waals surface area contributed by atoms with Crippen LogP contribution in [0, 0.1) is 6.92 Å². The summed E-state index contributed by atoms with van der Waals surface area (Å²) in [4.78, 5) is 8.09. The van der Waals surface area contributed by atoms with Crippen LogP contribution in [0.3, 0.4) is 0 Å². The van der Waals surface area contributed by atoms with E-state index in [0.29, 0.717) is 5.95 Å². The van der Waals surface area contributed by atoms with Crippen molar-refractivity contribution in [3.8, 4) is 5.75 Å². The molecule has 0 aliphatic rings. The Bertz CT molecular complexity index is 579. The molecule has 0 amide bonds. The summed E-state index contributed by atoms with van der Waals surface area (Å²) in [5.74, 6) is 1.13. The van der Waals surface area contributed by atoms with Gasteiger partial charge in [0, 0.05) is 11.8 Å². The summed E-state index contributed by atoms with van der Waals surface area (Å²) in [5, 5.41) is 0. The largest absolute Gasteiger partial charge is 0.497 e. The predicted molar refractivity (Wildman–Crippen MR) is 73.1 cm³/mol. The highest BCUT2D eigenvalue weighted by molar-refractivity contribution is 5.70. The van der Waals surface area contributed by atoms with Gasteiger partial charge in [0.2, 0.25) is 5.95 Å². The third-order valence-corrected chi connectivity index (χ3v) is 2.59. The van der Waals surface area contributed by atoms with Crippen molar-refractivity contribution in [1.29, 1.82) is 0 Å². The molecule has 1 aromatic heterocycles. The number of methoxy groups -OCH3 is 1. The lowest BCUT2D eigenvalue weighted by molar-refractivity contribution is 0.414. The first-order valence-electron chi connectivity index (χ1n) is 5.60. The molecule has 2 rings (SSSR count). The third kappa shape index (κ3) is 2.85. The highest BCUT2D eigenvalue weighted by Gasteiger charge is 1.97. The van der Waals surface area contributed by atoms with E-state index in [1.165, 1.54) is 0 Å². The minimum Gasteiger partial charge on any atom is -0.497 e. The first kappa shape index (κ1) is 12.1. The van der Waals surface area contributed by atoms with Gasteiger partial charge in [0.15, 0.2) is 0 Å². The molecule has 0 aliphatic carbocycles. The van der Waals surface area contributed by atoms with Gasteiger partial charge >= 0.3 is 0 Å². The smallest absolute Gasteiger partial charge is 0.220 e. The number of anilines is 1. The number of hydrogen-bond donors (Lipinski definition) is 1. The third-order valence-electron chi connectivity index (χ3n) is 2.59. The van der Waals surface area contributed by atoms with Crippen molar-refractivity contribution in [3.63, 3.8) is 0 Å². The van der Waals surface area contributed by atoms with Crippen LogP contribution in [-0.4, -0.2) is 17.1 Å². The quantitative estimate of drug-likeness (QED) is 0.897. The van der Waals surface area contributed by atoms with E-state index in [4.69, 9.17) is 10.5 Å². The van der Waals surface area contributed by atoms with Gasteiger partial charge in [0.05, 0.1) is 12.8 Å². The number of hydrogen-bond acceptors (Lipinski definition) is 4. The number of rotatable bonds is 3. The number of aryl methyl sites for hydroxylation is 1. The standard InChI is InChI=1S/C14H15N3O/c1-10-12(9-16-14(15)17-10)7-6-11-4-3-5-13(8-11)18-2/h3-9H,1-2H3,(H2,15,16,17)/b7-6+. The van der Waals surface area contributed by atoms with E-state index in [-0.39, 0.29) is 0 Å². The van der Waals surface area contributed by atoms with Crippen molar-refractivity contribution in [2.24, 2.45) is 0 Å². The fraction of sp³-hybridized carbons (Fsp3) is 0.143. The van der Waals surface area contributed by atoms with Crippen LogP contribution in [0.2, 0.25) is 0 Å². The molecule has 4 heteroatoms. The first-order valence-corrected chi connectivity index (χ1v) is 5.60. The van der Waals surface area contributed by atoms with Crippen LogP contribution < -0.4 is 10.5 Å². The molecule has 0 spiro atoms. The molecule has 4 nitrogen and oxygen atoms in total. The van der Waals surface area contributed by atoms with Gasteiger partial charge in [-0.05, 0) is 24.6 Å². The molecular weight excluding hydrogens is 226 g/mol. The highest BCUT2D eigenvalue weighted by atomic mass is 16.5. The average molecular weight is 241 g/mol. The van der Waals surface area contributed by atoms with Crippen LogP contribution in [0.1, 0.15) is 16.8 Å². The van der Waals surface area contributed by atoms with Crippen LogP contribution >= 0.6 is 0 Å². The summed E-state index contributed by atoms with van der Waals surface area (Å²) in [7, 11) is 1.65. The van der Waals surface area contributed by atoms with Crippen LogP contribution in [0.5, 0.6) is 5.75 Å². The van der Waals surface area contributed by atoms with E-state index in [1.807, 2.05) is 43.3 Å². The zero-order valence-corrected chi connectivity index (χ0v) is 10.4. The Labute approximate surface area is 106 Å². The van der Waals surface area contributed by atoms with Crippen molar-refractivity contribution in [1.82, 2.24) is 9.97 Å². The Balaban J connectivity index is 2.24. The second-order valence-corrected chi connectivity index (χ2v) is 3.88. The lowest BCUT2D eigenvalue weighted by Gasteiger charge is -2.01. The van der Waals surface area contributed by atoms with Crippen molar-refractivity contribution in [2.45, 2.75) is 6.92 Å². The topological polar surface area (TPSA) is 61.0 Å². The molecule has 0 fully saturated rings. The summed E-state index contributed by atoms with van der Waals surface area (Å²) in [6, 6.07) is 7.83. The van der Waals surface area contributed by atoms with Crippen LogP contribution in [0.15, 0.2) is 30.5 Å². The van der Waals surface area contributed by atoms with Crippen LogP contribution in [0.4, 0.5) is 5.95 Å². The van der Waals surface area contributed by atoms with Crippen LogP contribution in [-0.2, 0) is 0 Å². The van der Waals surface area contributed by atoms with Gasteiger partial charge in [-0.1, -0.05) is 24.3 Å². The van der Waals surface area contributed by atoms with E-state index in [1.54, 1.807) is 13.3 Å². The zero-order chi connectivity index (χ0) is 13.0. The maximum Gasteiger partial charge on any atom is 0.220 e. The Morgan fingerprint density at radius 2 is 2.11 bits per heavy atom. The molecule has 1 heterocycles. The second-order valence-electron chi connectivity index (χ2n) is 3.88. The molecule has 0 bridgehead atoms. The normalized spacial score (nSPS) is 10.8. The fourth-order valence-corrected chi connectivity index (χ4v) is 1.59. The van der Waals surface area contributed by atoms with Crippen molar-refractivity contribution in [2.75, 3.05) is 12.8 Å². The molecule has 0 unspecified atom stereocenters. The predicted octanol–water partition coefficient (Wildman–Crippen LogP) is 2.55. The molecule has 2 N–H and O–H groups in total. The Morgan fingerprint density at radius 1 is 1.28 bits per heavy atom. The maximum absolute atomic E-state index is 5.51. The number of nitrogens with two attached hydrogens (primary N) is 1. The Morgan fingerprint density at radius 3 is 2.83 bits per heavy atom. The molecule has 0 saturated heterocycles. The molecule has 0 radical (unpaired) electrons. The minimum atomic E-state index is 0.297. The Hall–Kier alpha value is -2.36. The molecule has 18 heavy (non-hydrogen) atoms. The van der Waals surface area contributed by atoms with Gasteiger partial charge in [-0.15, -0.1) is 0 Å². The molecule has 1 aromatic carbocycles. The molecule has 0 saturated carbocycles. The van der Waals surface area contributed by atoms with E-state index < -0.39 is 0 Å². The summed E-state index contributed by atoms with van der Waals surface area (Å²) in [6.45, 7) is 1.91. The van der Waals surface area contributed by atoms with E-state index in [9.17, 15) is 0 Å². The van der Waals surface area contributed by atoms with Gasteiger partial charge in [-0.2, -0.15) is 0 Å². The summed E-state index contributed by atoms with van der Waals surface area (Å²) in [5.41, 5.74) is 8.38. The Kier molecular flexibility index (Phi) is 3.57. The van der Waals surface area contributed by atoms with Gasteiger partial charge < -0.3 is 10.5 Å². The number of benzene rings is 1. The minimum absolute atomic E-state index is 0.297. The van der Waals surface area contributed by atoms with Gasteiger partial charge in [0.1, 0.15) is 5.75 Å². The molecule has 0 atom stereocenters. The molecule has 92 valence electrons. The lowest BCUT2D eigenvalue weighted by Crippen LogP contribution is -1.97. The van der Waals surface area contributed by atoms with E-state index in [2.05, 4.69) is 9.97 Å². The highest BCUT2D eigenvalue weighted by Crippen LogP contribution is 2.16. The van der Waals surface area contributed by atoms with Crippen LogP contribution in [0.25, 0.3) is 12.2 Å². The van der Waals surface area contributed by atoms with E-state index in [0.717, 1.165) is 22.6 Å². The van der Waals surface area contributed by atoms with E-state index >= 15 is 0 Å². The fourth-order valence-electron chi connectivity index (χ4n) is 1.59. The molecule has 2 aromatic rings. The number of nitrogen functional groups attached to an aromatic ring is 1. The molecular formula is C14H15N3O. The lowest BCUT2D eigenvalue weighted by atomic mass is 10.1. The SMILES string of the molecule is COc1cccc(/C=C/c2cnc(N)nc2C)c1. The number of nitrogens with zero attached hydrogens (tertiary/aromatic N) is 2. The van der Waals surface area contributed by atoms with Gasteiger partial charge in [0.25, 0.3) is 0 Å². The average Bonchev–Trinajstić information content (AvgIpc) is 2.38. The monoisotopic (exact) mass is 241 g/mol. The number of ether oxygens (including phenoxy) is 1. The van der Waals surface area contributed by atoms with Gasteiger partial charge in [-0.25, -0.2) is 9.97 Å².